The summed E-state index contributed by atoms with van der Waals surface area (Å²) in [5.74, 6) is -0.717. The summed E-state index contributed by atoms with van der Waals surface area (Å²) in [4.78, 5) is 29.7. The Morgan fingerprint density at radius 3 is 2.36 bits per heavy atom. The van der Waals surface area contributed by atoms with E-state index in [2.05, 4.69) is 20.4 Å². The van der Waals surface area contributed by atoms with Gasteiger partial charge < -0.3 is 10.6 Å². The Labute approximate surface area is 190 Å². The van der Waals surface area contributed by atoms with Gasteiger partial charge in [-0.3, -0.25) is 19.4 Å². The normalized spacial score (nSPS) is 19.5. The summed E-state index contributed by atoms with van der Waals surface area (Å²) < 4.78 is 38.7. The average Bonchev–Trinajstić information content (AvgIpc) is 3.45. The number of rotatable bonds is 6. The molecule has 0 bridgehead atoms. The molecule has 2 aromatic rings. The highest BCUT2D eigenvalue weighted by Gasteiger charge is 2.31. The van der Waals surface area contributed by atoms with Crippen molar-refractivity contribution in [1.29, 1.82) is 0 Å². The van der Waals surface area contributed by atoms with E-state index in [1.807, 2.05) is 0 Å². The lowest BCUT2D eigenvalue weighted by molar-refractivity contribution is -0.137. The number of hydrogen-bond donors (Lipinski definition) is 2. The lowest BCUT2D eigenvalue weighted by atomic mass is 10.1. The molecule has 0 aliphatic carbocycles. The van der Waals surface area contributed by atoms with Crippen LogP contribution in [0.1, 0.15) is 35.2 Å². The second kappa shape index (κ2) is 9.93. The van der Waals surface area contributed by atoms with Gasteiger partial charge in [-0.05, 0) is 68.8 Å². The summed E-state index contributed by atoms with van der Waals surface area (Å²) in [5.41, 5.74) is -0.0893. The quantitative estimate of drug-likeness (QED) is 0.682. The van der Waals surface area contributed by atoms with E-state index in [-0.39, 0.29) is 23.7 Å². The molecule has 0 spiro atoms. The molecule has 9 heteroatoms. The summed E-state index contributed by atoms with van der Waals surface area (Å²) in [6.45, 7) is 4.33. The number of nitrogens with one attached hydrogen (secondary N) is 2. The number of halogens is 3. The van der Waals surface area contributed by atoms with Crippen LogP contribution in [0.15, 0.2) is 48.5 Å². The van der Waals surface area contributed by atoms with Crippen molar-refractivity contribution in [2.24, 2.45) is 0 Å². The van der Waals surface area contributed by atoms with Crippen LogP contribution in [0.4, 0.5) is 24.5 Å². The van der Waals surface area contributed by atoms with E-state index >= 15 is 0 Å². The van der Waals surface area contributed by atoms with Crippen LogP contribution in [0.25, 0.3) is 0 Å². The van der Waals surface area contributed by atoms with Crippen LogP contribution in [0, 0.1) is 0 Å². The molecule has 1 atom stereocenters. The number of benzene rings is 2. The number of carbonyl (C=O) groups is 2. The summed E-state index contributed by atoms with van der Waals surface area (Å²) in [7, 11) is 0. The molecule has 4 rings (SSSR count). The van der Waals surface area contributed by atoms with Crippen molar-refractivity contribution in [3.05, 3.63) is 59.7 Å². The van der Waals surface area contributed by atoms with Crippen molar-refractivity contribution in [3.8, 4) is 0 Å². The Hall–Kier alpha value is -2.91. The fourth-order valence-electron chi connectivity index (χ4n) is 4.48. The molecule has 2 N–H and O–H groups in total. The molecule has 2 aromatic carbocycles. The molecule has 0 radical (unpaired) electrons. The predicted octanol–water partition coefficient (Wildman–Crippen LogP) is 4.07. The monoisotopic (exact) mass is 460 g/mol. The largest absolute Gasteiger partial charge is 0.416 e. The van der Waals surface area contributed by atoms with Crippen molar-refractivity contribution in [3.63, 3.8) is 0 Å². The molecule has 2 amide bonds. The van der Waals surface area contributed by atoms with Gasteiger partial charge in [0.2, 0.25) is 5.91 Å². The van der Waals surface area contributed by atoms with Crippen molar-refractivity contribution in [2.45, 2.75) is 31.5 Å². The topological polar surface area (TPSA) is 64.7 Å². The second-order valence-corrected chi connectivity index (χ2v) is 8.58. The first-order valence-electron chi connectivity index (χ1n) is 11.1. The standard InChI is InChI=1S/C24H27F3N4O2/c25-24(26,27)18-6-4-8-20(14-18)29-23(33)17-5-3-7-19(13-17)28-22(32)16-30-12-9-21(15-30)31-10-1-2-11-31/h3-8,13-14,21H,1-2,9-12,15-16H2,(H,28,32)(H,29,33). The summed E-state index contributed by atoms with van der Waals surface area (Å²) in [5, 5.41) is 5.30. The summed E-state index contributed by atoms with van der Waals surface area (Å²) in [6, 6.07) is 11.3. The predicted molar refractivity (Wildman–Crippen MR) is 120 cm³/mol. The first-order valence-corrected chi connectivity index (χ1v) is 11.1. The zero-order chi connectivity index (χ0) is 23.4. The van der Waals surface area contributed by atoms with Crippen LogP contribution >= 0.6 is 0 Å². The van der Waals surface area contributed by atoms with Gasteiger partial charge in [-0.15, -0.1) is 0 Å². The highest BCUT2D eigenvalue weighted by atomic mass is 19.4. The van der Waals surface area contributed by atoms with E-state index in [4.69, 9.17) is 0 Å². The van der Waals surface area contributed by atoms with Gasteiger partial charge in [0.05, 0.1) is 12.1 Å². The van der Waals surface area contributed by atoms with E-state index in [1.54, 1.807) is 18.2 Å². The first-order chi connectivity index (χ1) is 15.8. The number of hydrogen-bond acceptors (Lipinski definition) is 4. The van der Waals surface area contributed by atoms with E-state index in [9.17, 15) is 22.8 Å². The Kier molecular flexibility index (Phi) is 6.99. The number of anilines is 2. The van der Waals surface area contributed by atoms with E-state index in [1.165, 1.54) is 31.0 Å². The van der Waals surface area contributed by atoms with Crippen LogP contribution in [-0.4, -0.2) is 60.4 Å². The zero-order valence-corrected chi connectivity index (χ0v) is 18.2. The summed E-state index contributed by atoms with van der Waals surface area (Å²) in [6.07, 6.45) is -0.934. The van der Waals surface area contributed by atoms with Gasteiger partial charge in [0.25, 0.3) is 5.91 Å². The summed E-state index contributed by atoms with van der Waals surface area (Å²) >= 11 is 0. The van der Waals surface area contributed by atoms with Crippen LogP contribution in [0.5, 0.6) is 0 Å². The van der Waals surface area contributed by atoms with Crippen LogP contribution in [0.3, 0.4) is 0 Å². The highest BCUT2D eigenvalue weighted by molar-refractivity contribution is 6.05. The Morgan fingerprint density at radius 1 is 0.939 bits per heavy atom. The van der Waals surface area contributed by atoms with Crippen molar-refractivity contribution in [1.82, 2.24) is 9.80 Å². The van der Waals surface area contributed by atoms with Gasteiger partial charge in [-0.2, -0.15) is 13.2 Å². The molecule has 6 nitrogen and oxygen atoms in total. The lowest BCUT2D eigenvalue weighted by Crippen LogP contribution is -2.37. The molecule has 0 saturated carbocycles. The van der Waals surface area contributed by atoms with Crippen molar-refractivity contribution in [2.75, 3.05) is 43.4 Å². The van der Waals surface area contributed by atoms with Gasteiger partial charge in [-0.1, -0.05) is 12.1 Å². The molecule has 176 valence electrons. The molecule has 2 heterocycles. The zero-order valence-electron chi connectivity index (χ0n) is 18.2. The van der Waals surface area contributed by atoms with E-state index in [0.717, 1.165) is 44.7 Å². The van der Waals surface area contributed by atoms with Gasteiger partial charge in [-0.25, -0.2) is 0 Å². The maximum absolute atomic E-state index is 12.9. The van der Waals surface area contributed by atoms with Gasteiger partial charge in [0.1, 0.15) is 0 Å². The third-order valence-corrected chi connectivity index (χ3v) is 6.13. The van der Waals surface area contributed by atoms with Crippen molar-refractivity contribution >= 4 is 23.2 Å². The number of amides is 2. The highest BCUT2D eigenvalue weighted by Crippen LogP contribution is 2.30. The van der Waals surface area contributed by atoms with Gasteiger partial charge >= 0.3 is 6.18 Å². The molecule has 2 saturated heterocycles. The molecule has 2 fully saturated rings. The maximum atomic E-state index is 12.9. The van der Waals surface area contributed by atoms with Gasteiger partial charge in [0, 0.05) is 36.1 Å². The molecule has 2 aliphatic rings. The number of nitrogens with zero attached hydrogens (tertiary/aromatic N) is 2. The average molecular weight is 461 g/mol. The second-order valence-electron chi connectivity index (χ2n) is 8.58. The van der Waals surface area contributed by atoms with Crippen LogP contribution < -0.4 is 10.6 Å². The third kappa shape index (κ3) is 6.11. The molecule has 33 heavy (non-hydrogen) atoms. The number of carbonyl (C=O) groups excluding carboxylic acids is 2. The molecular weight excluding hydrogens is 433 g/mol. The molecule has 0 aromatic heterocycles. The molecule has 1 unspecified atom stereocenters. The first kappa shape index (κ1) is 23.3. The van der Waals surface area contributed by atoms with Crippen LogP contribution in [0.2, 0.25) is 0 Å². The Morgan fingerprint density at radius 2 is 1.64 bits per heavy atom. The minimum Gasteiger partial charge on any atom is -0.325 e. The van der Waals surface area contributed by atoms with E-state index < -0.39 is 17.6 Å². The Bertz CT molecular complexity index is 1010. The lowest BCUT2D eigenvalue weighted by Gasteiger charge is -2.23. The maximum Gasteiger partial charge on any atom is 0.416 e. The molecule has 2 aliphatic heterocycles. The fraction of sp³-hybridized carbons (Fsp3) is 0.417. The third-order valence-electron chi connectivity index (χ3n) is 6.13. The minimum absolute atomic E-state index is 0.0471. The molecular formula is C24H27F3N4O2. The van der Waals surface area contributed by atoms with Crippen LogP contribution in [-0.2, 0) is 11.0 Å². The number of alkyl halides is 3. The minimum atomic E-state index is -4.49. The number of likely N-dealkylation sites (tertiary alicyclic amines) is 2. The van der Waals surface area contributed by atoms with Crippen molar-refractivity contribution < 1.29 is 22.8 Å². The van der Waals surface area contributed by atoms with Gasteiger partial charge in [0.15, 0.2) is 0 Å². The smallest absolute Gasteiger partial charge is 0.325 e. The Balaban J connectivity index is 1.32. The van der Waals surface area contributed by atoms with E-state index in [0.29, 0.717) is 11.7 Å². The SMILES string of the molecule is O=C(CN1CCC(N2CCCC2)C1)Nc1cccc(C(=O)Nc2cccc(C(F)(F)F)c2)c1. The fourth-order valence-corrected chi connectivity index (χ4v) is 4.48.